The third-order valence-corrected chi connectivity index (χ3v) is 4.81. The number of carbonyl (C=O) groups is 4. The first-order valence-electron chi connectivity index (χ1n) is 12.4. The number of methoxy groups -OCH3 is 1. The molecular formula is C27H41NO11. The molecule has 0 aromatic heterocycles. The van der Waals surface area contributed by atoms with E-state index in [1.54, 1.807) is 6.07 Å². The predicted molar refractivity (Wildman–Crippen MR) is 139 cm³/mol. The molecule has 1 aromatic rings. The van der Waals surface area contributed by atoms with E-state index in [1.165, 1.54) is 26.0 Å². The van der Waals surface area contributed by atoms with Crippen LogP contribution in [-0.4, -0.2) is 63.0 Å². The Kier molecular flexibility index (Phi) is 12.5. The number of esters is 1. The summed E-state index contributed by atoms with van der Waals surface area (Å²) in [6.07, 6.45) is -4.49. The minimum absolute atomic E-state index is 0.0139. The molecule has 1 aromatic carbocycles. The average Bonchev–Trinajstić information content (AvgIpc) is 2.81. The lowest BCUT2D eigenvalue weighted by atomic mass is 9.99. The molecule has 2 N–H and O–H groups in total. The molecule has 0 amide bonds. The second-order valence-corrected chi connectivity index (χ2v) is 11.4. The number of rotatable bonds is 10. The topological polar surface area (TPSA) is 159 Å². The number of nitrogens with two attached hydrogens (primary N) is 1. The van der Waals surface area contributed by atoms with E-state index < -0.39 is 42.7 Å². The van der Waals surface area contributed by atoms with Crippen molar-refractivity contribution in [2.24, 2.45) is 16.6 Å². The third kappa shape index (κ3) is 13.7. The van der Waals surface area contributed by atoms with E-state index in [1.807, 2.05) is 41.5 Å². The van der Waals surface area contributed by atoms with E-state index in [4.69, 9.17) is 34.2 Å². The molecule has 12 heteroatoms. The van der Waals surface area contributed by atoms with Gasteiger partial charge in [0, 0.05) is 0 Å². The molecule has 3 atom stereocenters. The molecule has 39 heavy (non-hydrogen) atoms. The molecule has 0 bridgehead atoms. The van der Waals surface area contributed by atoms with E-state index in [2.05, 4.69) is 4.74 Å². The van der Waals surface area contributed by atoms with E-state index in [-0.39, 0.29) is 42.0 Å². The number of benzene rings is 1. The van der Waals surface area contributed by atoms with Gasteiger partial charge in [0.05, 0.1) is 20.3 Å². The van der Waals surface area contributed by atoms with Crippen LogP contribution in [0.4, 0.5) is 14.4 Å². The Hall–Kier alpha value is -3.54. The fourth-order valence-electron chi connectivity index (χ4n) is 2.63. The monoisotopic (exact) mass is 555 g/mol. The second kappa shape index (κ2) is 14.6. The van der Waals surface area contributed by atoms with E-state index in [0.29, 0.717) is 5.56 Å². The lowest BCUT2D eigenvalue weighted by molar-refractivity contribution is -0.155. The molecule has 0 saturated heterocycles. The van der Waals surface area contributed by atoms with Crippen LogP contribution in [0, 0.1) is 10.8 Å². The van der Waals surface area contributed by atoms with Gasteiger partial charge in [-0.3, -0.25) is 4.79 Å². The van der Waals surface area contributed by atoms with Crippen LogP contribution >= 0.6 is 0 Å². The molecule has 0 fully saturated rings. The highest BCUT2D eigenvalue weighted by atomic mass is 16.7. The fraction of sp³-hybridized carbons (Fsp3) is 0.630. The van der Waals surface area contributed by atoms with Gasteiger partial charge < -0.3 is 38.9 Å². The van der Waals surface area contributed by atoms with E-state index in [9.17, 15) is 19.2 Å². The summed E-state index contributed by atoms with van der Waals surface area (Å²) in [4.78, 5) is 48.3. The molecule has 220 valence electrons. The maximum Gasteiger partial charge on any atom is 0.513 e. The number of ether oxygens (including phenoxy) is 7. The zero-order valence-electron chi connectivity index (χ0n) is 24.2. The van der Waals surface area contributed by atoms with Gasteiger partial charge in [-0.15, -0.1) is 0 Å². The number of carbonyl (C=O) groups excluding carboxylic acids is 4. The minimum Gasteiger partial charge on any atom is -0.458 e. The second-order valence-electron chi connectivity index (χ2n) is 11.4. The molecule has 0 aliphatic carbocycles. The first-order chi connectivity index (χ1) is 17.9. The summed E-state index contributed by atoms with van der Waals surface area (Å²) in [7, 11) is 1.16. The van der Waals surface area contributed by atoms with Crippen LogP contribution in [-0.2, 0) is 34.9 Å². The molecule has 1 rings (SSSR count). The Labute approximate surface area is 229 Å². The van der Waals surface area contributed by atoms with E-state index in [0.717, 1.165) is 7.11 Å². The molecule has 12 nitrogen and oxygen atoms in total. The molecule has 0 heterocycles. The van der Waals surface area contributed by atoms with Crippen molar-refractivity contribution in [1.29, 1.82) is 0 Å². The zero-order chi connectivity index (χ0) is 30.0. The van der Waals surface area contributed by atoms with Crippen LogP contribution < -0.4 is 15.2 Å². The molecular weight excluding hydrogens is 514 g/mol. The summed E-state index contributed by atoms with van der Waals surface area (Å²) in [6, 6.07) is 3.21. The van der Waals surface area contributed by atoms with Crippen molar-refractivity contribution in [2.45, 2.75) is 80.1 Å². The normalized spacial score (nSPS) is 13.8. The standard InChI is InChI=1S/C27H41NO11/c1-16(17(2)37-23(30)33-9)36-22(29)19(28)12-18-10-11-20(38-24(31)34-14-26(3,4)5)21(13-18)39-25(32)35-15-27(6,7)8/h10-11,13,16-17,19H,12,14-15,28H2,1-9H3/t16-,17-,19-/m0/s1. The van der Waals surface area contributed by atoms with Crippen molar-refractivity contribution in [1.82, 2.24) is 0 Å². The molecule has 0 unspecified atom stereocenters. The minimum atomic E-state index is -1.11. The lowest BCUT2D eigenvalue weighted by Crippen LogP contribution is -2.39. The summed E-state index contributed by atoms with van der Waals surface area (Å²) in [5.74, 6) is -0.974. The highest BCUT2D eigenvalue weighted by Gasteiger charge is 2.26. The summed E-state index contributed by atoms with van der Waals surface area (Å²) >= 11 is 0. The van der Waals surface area contributed by atoms with Gasteiger partial charge in [-0.25, -0.2) is 14.4 Å². The molecule has 0 aliphatic rings. The molecule has 0 saturated carbocycles. The van der Waals surface area contributed by atoms with Crippen LogP contribution in [0.15, 0.2) is 18.2 Å². The maximum absolute atomic E-state index is 12.5. The quantitative estimate of drug-likeness (QED) is 0.239. The van der Waals surface area contributed by atoms with Crippen molar-refractivity contribution >= 4 is 24.4 Å². The van der Waals surface area contributed by atoms with Gasteiger partial charge in [0.1, 0.15) is 18.2 Å². The molecule has 0 radical (unpaired) electrons. The highest BCUT2D eigenvalue weighted by molar-refractivity contribution is 5.76. The SMILES string of the molecule is COC(=O)O[C@@H](C)[C@H](C)OC(=O)[C@@H](N)Cc1ccc(OC(=O)OCC(C)(C)C)c(OC(=O)OCC(C)(C)C)c1. The van der Waals surface area contributed by atoms with Gasteiger partial charge in [0.15, 0.2) is 11.5 Å². The smallest absolute Gasteiger partial charge is 0.458 e. The van der Waals surface area contributed by atoms with Crippen LogP contribution in [0.1, 0.15) is 61.0 Å². The van der Waals surface area contributed by atoms with Crippen LogP contribution in [0.5, 0.6) is 11.5 Å². The summed E-state index contributed by atoms with van der Waals surface area (Å²) < 4.78 is 35.5. The maximum atomic E-state index is 12.5. The summed E-state index contributed by atoms with van der Waals surface area (Å²) in [5.41, 5.74) is 5.91. The number of hydrogen-bond acceptors (Lipinski definition) is 12. The molecule has 0 spiro atoms. The van der Waals surface area contributed by atoms with E-state index >= 15 is 0 Å². The van der Waals surface area contributed by atoms with Crippen LogP contribution in [0.25, 0.3) is 0 Å². The van der Waals surface area contributed by atoms with Crippen molar-refractivity contribution in [3.05, 3.63) is 23.8 Å². The van der Waals surface area contributed by atoms with Crippen molar-refractivity contribution in [3.63, 3.8) is 0 Å². The zero-order valence-corrected chi connectivity index (χ0v) is 24.2. The van der Waals surface area contributed by atoms with Crippen molar-refractivity contribution in [3.8, 4) is 11.5 Å². The first kappa shape index (κ1) is 33.5. The van der Waals surface area contributed by atoms with Crippen molar-refractivity contribution < 1.29 is 52.3 Å². The fourth-order valence-corrected chi connectivity index (χ4v) is 2.63. The largest absolute Gasteiger partial charge is 0.513 e. The van der Waals surface area contributed by atoms with Crippen molar-refractivity contribution in [2.75, 3.05) is 20.3 Å². The Morgan fingerprint density at radius 2 is 1.26 bits per heavy atom. The third-order valence-electron chi connectivity index (χ3n) is 4.81. The van der Waals surface area contributed by atoms with Gasteiger partial charge in [0.2, 0.25) is 0 Å². The van der Waals surface area contributed by atoms with Gasteiger partial charge in [-0.05, 0) is 48.8 Å². The van der Waals surface area contributed by atoms with Crippen LogP contribution in [0.3, 0.4) is 0 Å². The van der Waals surface area contributed by atoms with Crippen LogP contribution in [0.2, 0.25) is 0 Å². The Balaban J connectivity index is 3.00. The van der Waals surface area contributed by atoms with Gasteiger partial charge in [-0.1, -0.05) is 47.6 Å². The summed E-state index contributed by atoms with van der Waals surface area (Å²) in [6.45, 7) is 14.6. The average molecular weight is 556 g/mol. The summed E-state index contributed by atoms with van der Waals surface area (Å²) in [5, 5.41) is 0. The molecule has 0 aliphatic heterocycles. The Morgan fingerprint density at radius 1 is 0.769 bits per heavy atom. The van der Waals surface area contributed by atoms with Gasteiger partial charge in [-0.2, -0.15) is 0 Å². The van der Waals surface area contributed by atoms with Gasteiger partial charge >= 0.3 is 24.4 Å². The predicted octanol–water partition coefficient (Wildman–Crippen LogP) is 4.78. The Morgan fingerprint density at radius 3 is 1.74 bits per heavy atom. The van der Waals surface area contributed by atoms with Gasteiger partial charge in [0.25, 0.3) is 0 Å². The Bertz CT molecular complexity index is 994. The lowest BCUT2D eigenvalue weighted by Gasteiger charge is -2.22. The highest BCUT2D eigenvalue weighted by Crippen LogP contribution is 2.30. The number of hydrogen-bond donors (Lipinski definition) is 1. The first-order valence-corrected chi connectivity index (χ1v) is 12.4.